The number of fused-ring (bicyclic) bond motifs is 1. The number of hydrogen-bond donors (Lipinski definition) is 1. The highest BCUT2D eigenvalue weighted by molar-refractivity contribution is 7.16. The van der Waals surface area contributed by atoms with Gasteiger partial charge in [-0.2, -0.15) is 0 Å². The lowest BCUT2D eigenvalue weighted by Crippen LogP contribution is -2.49. The van der Waals surface area contributed by atoms with E-state index in [-0.39, 0.29) is 24.3 Å². The third-order valence-corrected chi connectivity index (χ3v) is 6.26. The minimum atomic E-state index is -0.750. The van der Waals surface area contributed by atoms with Gasteiger partial charge in [0, 0.05) is 26.1 Å². The van der Waals surface area contributed by atoms with E-state index in [0.717, 1.165) is 48.3 Å². The van der Waals surface area contributed by atoms with Crippen LogP contribution in [0.4, 0.5) is 5.82 Å². The zero-order valence-electron chi connectivity index (χ0n) is 14.5. The maximum atomic E-state index is 13.1. The number of hydrogen-bond acceptors (Lipinski definition) is 6. The molecule has 2 aliphatic rings. The van der Waals surface area contributed by atoms with Crippen molar-refractivity contribution in [3.8, 4) is 0 Å². The van der Waals surface area contributed by atoms with Crippen LogP contribution in [-0.4, -0.2) is 57.5 Å². The summed E-state index contributed by atoms with van der Waals surface area (Å²) in [5.74, 6) is 0.440. The van der Waals surface area contributed by atoms with Gasteiger partial charge in [0.15, 0.2) is 0 Å². The fourth-order valence-electron chi connectivity index (χ4n) is 4.10. The van der Waals surface area contributed by atoms with Crippen LogP contribution in [0.2, 0.25) is 0 Å². The van der Waals surface area contributed by atoms with Crippen molar-refractivity contribution in [3.63, 3.8) is 0 Å². The van der Waals surface area contributed by atoms with Gasteiger partial charge in [0.25, 0.3) is 0 Å². The van der Waals surface area contributed by atoms with Crippen LogP contribution in [0.5, 0.6) is 0 Å². The van der Waals surface area contributed by atoms with Gasteiger partial charge in [-0.3, -0.25) is 9.59 Å². The van der Waals surface area contributed by atoms with E-state index in [4.69, 9.17) is 5.11 Å². The largest absolute Gasteiger partial charge is 0.481 e. The molecule has 7 nitrogen and oxygen atoms in total. The van der Waals surface area contributed by atoms with E-state index in [1.165, 1.54) is 0 Å². The van der Waals surface area contributed by atoms with E-state index in [0.29, 0.717) is 13.1 Å². The Balaban J connectivity index is 1.48. The first kappa shape index (κ1) is 17.2. The van der Waals surface area contributed by atoms with E-state index >= 15 is 0 Å². The highest BCUT2D eigenvalue weighted by Crippen LogP contribution is 2.33. The van der Waals surface area contributed by atoms with Crippen LogP contribution < -0.4 is 4.90 Å². The number of piperidine rings is 1. The molecular weight excluding hydrogens is 352 g/mol. The number of likely N-dealkylation sites (tertiary alicyclic amines) is 1. The quantitative estimate of drug-likeness (QED) is 0.884. The molecule has 0 spiro atoms. The molecule has 1 amide bonds. The Bertz CT molecular complexity index is 816. The number of carboxylic acids is 1. The molecule has 2 aliphatic heterocycles. The van der Waals surface area contributed by atoms with Crippen molar-refractivity contribution in [3.05, 3.63) is 17.8 Å². The topological polar surface area (TPSA) is 86.6 Å². The molecule has 2 saturated heterocycles. The average Bonchev–Trinajstić information content (AvgIpc) is 3.30. The summed E-state index contributed by atoms with van der Waals surface area (Å²) in [4.78, 5) is 37.7. The number of nitrogens with zero attached hydrogens (tertiary/aromatic N) is 4. The van der Waals surface area contributed by atoms with Crippen LogP contribution in [0.1, 0.15) is 32.1 Å². The standard InChI is InChI=1S/C18H22N4O3S/c23-15(24)10-12-3-7-21(8-4-12)18(25)14-2-1-6-22(14)16-13-5-9-26-17(13)20-11-19-16/h5,9,11-12,14H,1-4,6-8,10H2,(H,23,24). The van der Waals surface area contributed by atoms with Crippen molar-refractivity contribution < 1.29 is 14.7 Å². The molecule has 1 unspecified atom stereocenters. The Morgan fingerprint density at radius 2 is 2.00 bits per heavy atom. The van der Waals surface area contributed by atoms with Crippen molar-refractivity contribution in [2.45, 2.75) is 38.1 Å². The summed E-state index contributed by atoms with van der Waals surface area (Å²) in [5.41, 5.74) is 0. The summed E-state index contributed by atoms with van der Waals surface area (Å²) < 4.78 is 0. The number of aromatic nitrogens is 2. The molecule has 138 valence electrons. The molecule has 2 aromatic heterocycles. The van der Waals surface area contributed by atoms with E-state index in [1.54, 1.807) is 17.7 Å². The summed E-state index contributed by atoms with van der Waals surface area (Å²) in [6.45, 7) is 2.13. The third-order valence-electron chi connectivity index (χ3n) is 5.44. The van der Waals surface area contributed by atoms with Gasteiger partial charge in [-0.05, 0) is 43.0 Å². The fraction of sp³-hybridized carbons (Fsp3) is 0.556. The predicted octanol–water partition coefficient (Wildman–Crippen LogP) is 2.37. The van der Waals surface area contributed by atoms with Gasteiger partial charge in [0.2, 0.25) is 5.91 Å². The van der Waals surface area contributed by atoms with Gasteiger partial charge >= 0.3 is 5.97 Å². The van der Waals surface area contributed by atoms with Crippen LogP contribution in [0.15, 0.2) is 17.8 Å². The van der Waals surface area contributed by atoms with Gasteiger partial charge in [-0.15, -0.1) is 11.3 Å². The van der Waals surface area contributed by atoms with Crippen molar-refractivity contribution in [1.29, 1.82) is 0 Å². The second-order valence-electron chi connectivity index (χ2n) is 7.05. The minimum Gasteiger partial charge on any atom is -0.481 e. The zero-order chi connectivity index (χ0) is 18.1. The molecule has 0 bridgehead atoms. The molecule has 4 rings (SSSR count). The van der Waals surface area contributed by atoms with E-state index in [2.05, 4.69) is 14.9 Å². The van der Waals surface area contributed by atoms with Crippen LogP contribution in [-0.2, 0) is 9.59 Å². The second kappa shape index (κ2) is 7.19. The summed E-state index contributed by atoms with van der Waals surface area (Å²) in [6.07, 6.45) is 5.13. The first-order valence-electron chi connectivity index (χ1n) is 9.09. The second-order valence-corrected chi connectivity index (χ2v) is 7.95. The Morgan fingerprint density at radius 3 is 2.77 bits per heavy atom. The lowest BCUT2D eigenvalue weighted by atomic mass is 9.93. The molecule has 8 heteroatoms. The van der Waals surface area contributed by atoms with Gasteiger partial charge < -0.3 is 14.9 Å². The Kier molecular flexibility index (Phi) is 4.76. The molecule has 0 saturated carbocycles. The first-order valence-corrected chi connectivity index (χ1v) is 9.97. The number of amides is 1. The Morgan fingerprint density at radius 1 is 1.19 bits per heavy atom. The van der Waals surface area contributed by atoms with Crippen molar-refractivity contribution in [2.75, 3.05) is 24.5 Å². The van der Waals surface area contributed by atoms with Crippen molar-refractivity contribution in [2.24, 2.45) is 5.92 Å². The van der Waals surface area contributed by atoms with Crippen molar-refractivity contribution in [1.82, 2.24) is 14.9 Å². The first-order chi connectivity index (χ1) is 12.6. The predicted molar refractivity (Wildman–Crippen MR) is 99.3 cm³/mol. The monoisotopic (exact) mass is 374 g/mol. The molecule has 1 N–H and O–H groups in total. The van der Waals surface area contributed by atoms with Crippen LogP contribution >= 0.6 is 11.3 Å². The van der Waals surface area contributed by atoms with Gasteiger partial charge in [-0.1, -0.05) is 0 Å². The minimum absolute atomic E-state index is 0.151. The molecule has 2 aromatic rings. The summed E-state index contributed by atoms with van der Waals surface area (Å²) >= 11 is 1.58. The Hall–Kier alpha value is -2.22. The maximum Gasteiger partial charge on any atom is 0.303 e. The van der Waals surface area contributed by atoms with E-state index in [9.17, 15) is 9.59 Å². The van der Waals surface area contributed by atoms with Crippen LogP contribution in [0.3, 0.4) is 0 Å². The number of carbonyl (C=O) groups excluding carboxylic acids is 1. The highest BCUT2D eigenvalue weighted by atomic mass is 32.1. The highest BCUT2D eigenvalue weighted by Gasteiger charge is 2.36. The molecule has 0 radical (unpaired) electrons. The normalized spacial score (nSPS) is 21.5. The maximum absolute atomic E-state index is 13.1. The molecule has 2 fully saturated rings. The number of thiophene rings is 1. The summed E-state index contributed by atoms with van der Waals surface area (Å²) in [5, 5.41) is 12.0. The third kappa shape index (κ3) is 3.25. The molecule has 1 atom stereocenters. The average molecular weight is 374 g/mol. The number of aliphatic carboxylic acids is 1. The molecule has 4 heterocycles. The molecule has 0 aromatic carbocycles. The van der Waals surface area contributed by atoms with E-state index in [1.807, 2.05) is 16.3 Å². The zero-order valence-corrected chi connectivity index (χ0v) is 15.3. The number of carboxylic acid groups (broad SMARTS) is 1. The lowest BCUT2D eigenvalue weighted by Gasteiger charge is -2.35. The molecule has 26 heavy (non-hydrogen) atoms. The lowest BCUT2D eigenvalue weighted by molar-refractivity contribution is -0.138. The van der Waals surface area contributed by atoms with Gasteiger partial charge in [0.05, 0.1) is 5.39 Å². The fourth-order valence-corrected chi connectivity index (χ4v) is 4.83. The summed E-state index contributed by atoms with van der Waals surface area (Å²) in [7, 11) is 0. The van der Waals surface area contributed by atoms with Crippen molar-refractivity contribution >= 4 is 39.2 Å². The molecule has 0 aliphatic carbocycles. The number of rotatable bonds is 4. The van der Waals surface area contributed by atoms with Crippen LogP contribution in [0, 0.1) is 5.92 Å². The van der Waals surface area contributed by atoms with E-state index < -0.39 is 5.97 Å². The van der Waals surface area contributed by atoms with Gasteiger partial charge in [-0.25, -0.2) is 9.97 Å². The number of anilines is 1. The molecular formula is C18H22N4O3S. The van der Waals surface area contributed by atoms with Crippen LogP contribution in [0.25, 0.3) is 10.2 Å². The summed E-state index contributed by atoms with van der Waals surface area (Å²) in [6, 6.07) is 1.84. The smallest absolute Gasteiger partial charge is 0.303 e. The number of carbonyl (C=O) groups is 2. The Labute approximate surface area is 155 Å². The van der Waals surface area contributed by atoms with Gasteiger partial charge in [0.1, 0.15) is 23.0 Å². The SMILES string of the molecule is O=C(O)CC1CCN(C(=O)C2CCCN2c2ncnc3sccc23)CC1.